The smallest absolute Gasteiger partial charge is 0.124 e. The van der Waals surface area contributed by atoms with Gasteiger partial charge in [0, 0.05) is 10.0 Å². The van der Waals surface area contributed by atoms with Crippen LogP contribution >= 0.6 is 15.9 Å². The van der Waals surface area contributed by atoms with Crippen LogP contribution < -0.4 is 4.74 Å². The lowest BCUT2D eigenvalue weighted by atomic mass is 9.93. The van der Waals surface area contributed by atoms with E-state index in [-0.39, 0.29) is 5.92 Å². The third-order valence-corrected chi connectivity index (χ3v) is 3.29. The van der Waals surface area contributed by atoms with Gasteiger partial charge in [0.2, 0.25) is 0 Å². The van der Waals surface area contributed by atoms with Gasteiger partial charge in [-0.3, -0.25) is 0 Å². The van der Waals surface area contributed by atoms with E-state index in [4.69, 9.17) is 4.74 Å². The fourth-order valence-corrected chi connectivity index (χ4v) is 2.23. The Morgan fingerprint density at radius 2 is 2.12 bits per heavy atom. The lowest BCUT2D eigenvalue weighted by Gasteiger charge is -2.21. The first-order valence-corrected chi connectivity index (χ1v) is 6.41. The lowest BCUT2D eigenvalue weighted by molar-refractivity contribution is 0.109. The topological polar surface area (TPSA) is 29.5 Å². The zero-order valence-corrected chi connectivity index (χ0v) is 11.6. The molecule has 1 rings (SSSR count). The molecule has 0 radical (unpaired) electrons. The van der Waals surface area contributed by atoms with Crippen molar-refractivity contribution in [2.45, 2.75) is 32.8 Å². The highest BCUT2D eigenvalue weighted by Gasteiger charge is 2.19. The molecular formula is C13H19BrO2. The fourth-order valence-electron chi connectivity index (χ4n) is 1.86. The van der Waals surface area contributed by atoms with E-state index in [1.54, 1.807) is 7.11 Å². The molecule has 16 heavy (non-hydrogen) atoms. The molecule has 0 fully saturated rings. The summed E-state index contributed by atoms with van der Waals surface area (Å²) in [5, 5.41) is 10.3. The van der Waals surface area contributed by atoms with Crippen LogP contribution in [0.5, 0.6) is 5.75 Å². The normalized spacial score (nSPS) is 14.6. The molecule has 0 aliphatic carbocycles. The van der Waals surface area contributed by atoms with E-state index < -0.39 is 6.10 Å². The molecule has 0 aromatic heterocycles. The van der Waals surface area contributed by atoms with Crippen LogP contribution in [0.15, 0.2) is 22.7 Å². The van der Waals surface area contributed by atoms with Crippen molar-refractivity contribution in [2.75, 3.05) is 7.11 Å². The van der Waals surface area contributed by atoms with Crippen LogP contribution in [0.3, 0.4) is 0 Å². The molecule has 0 saturated heterocycles. The van der Waals surface area contributed by atoms with E-state index >= 15 is 0 Å². The van der Waals surface area contributed by atoms with E-state index in [0.717, 1.165) is 28.6 Å². The number of halogens is 1. The summed E-state index contributed by atoms with van der Waals surface area (Å²) in [6, 6.07) is 5.72. The average Bonchev–Trinajstić information content (AvgIpc) is 2.28. The molecular weight excluding hydrogens is 268 g/mol. The quantitative estimate of drug-likeness (QED) is 0.889. The van der Waals surface area contributed by atoms with Crippen molar-refractivity contribution < 1.29 is 9.84 Å². The molecule has 2 nitrogen and oxygen atoms in total. The van der Waals surface area contributed by atoms with E-state index in [2.05, 4.69) is 29.8 Å². The van der Waals surface area contributed by atoms with Gasteiger partial charge in [-0.1, -0.05) is 36.2 Å². The number of methoxy groups -OCH3 is 1. The summed E-state index contributed by atoms with van der Waals surface area (Å²) in [6.45, 7) is 4.19. The maximum Gasteiger partial charge on any atom is 0.124 e. The first-order chi connectivity index (χ1) is 7.60. The Balaban J connectivity index is 2.96. The van der Waals surface area contributed by atoms with Crippen LogP contribution in [0.2, 0.25) is 0 Å². The zero-order chi connectivity index (χ0) is 12.1. The number of rotatable bonds is 5. The van der Waals surface area contributed by atoms with E-state index in [0.29, 0.717) is 0 Å². The molecule has 0 amide bonds. The van der Waals surface area contributed by atoms with Crippen LogP contribution in [0.25, 0.3) is 0 Å². The molecule has 0 heterocycles. The maximum absolute atomic E-state index is 10.3. The zero-order valence-electron chi connectivity index (χ0n) is 10.0. The molecule has 2 atom stereocenters. The second kappa shape index (κ2) is 6.26. The molecule has 0 saturated carbocycles. The monoisotopic (exact) mass is 286 g/mol. The third-order valence-electron chi connectivity index (χ3n) is 2.79. The largest absolute Gasteiger partial charge is 0.496 e. The maximum atomic E-state index is 10.3. The van der Waals surface area contributed by atoms with Crippen LogP contribution in [0.4, 0.5) is 0 Å². The lowest BCUT2D eigenvalue weighted by Crippen LogP contribution is -2.10. The summed E-state index contributed by atoms with van der Waals surface area (Å²) in [5.41, 5.74) is 0.859. The van der Waals surface area contributed by atoms with Crippen LogP contribution in [-0.4, -0.2) is 12.2 Å². The van der Waals surface area contributed by atoms with Crippen molar-refractivity contribution >= 4 is 15.9 Å². The van der Waals surface area contributed by atoms with Crippen molar-refractivity contribution in [3.63, 3.8) is 0 Å². The number of aliphatic hydroxyl groups excluding tert-OH is 1. The van der Waals surface area contributed by atoms with Crippen LogP contribution in [-0.2, 0) is 0 Å². The van der Waals surface area contributed by atoms with E-state index in [1.165, 1.54) is 0 Å². The molecule has 0 bridgehead atoms. The SMILES string of the molecule is CCCC(C)C(O)c1cc(Br)ccc1OC. The van der Waals surface area contributed by atoms with Crippen molar-refractivity contribution in [3.8, 4) is 5.75 Å². The van der Waals surface area contributed by atoms with Gasteiger partial charge in [0.25, 0.3) is 0 Å². The van der Waals surface area contributed by atoms with Gasteiger partial charge in [-0.25, -0.2) is 0 Å². The Morgan fingerprint density at radius 3 is 2.69 bits per heavy atom. The summed E-state index contributed by atoms with van der Waals surface area (Å²) in [5.74, 6) is 0.992. The molecule has 0 aliphatic rings. The number of hydrogen-bond donors (Lipinski definition) is 1. The van der Waals surface area contributed by atoms with Crippen molar-refractivity contribution in [1.82, 2.24) is 0 Å². The second-order valence-corrected chi connectivity index (χ2v) is 5.01. The van der Waals surface area contributed by atoms with Gasteiger partial charge >= 0.3 is 0 Å². The first-order valence-electron chi connectivity index (χ1n) is 5.61. The van der Waals surface area contributed by atoms with Gasteiger partial charge in [-0.05, 0) is 30.5 Å². The number of aliphatic hydroxyl groups is 1. The summed E-state index contributed by atoms with van der Waals surface area (Å²) in [4.78, 5) is 0. The Bertz CT molecular complexity index is 339. The second-order valence-electron chi connectivity index (χ2n) is 4.10. The van der Waals surface area contributed by atoms with Gasteiger partial charge in [0.15, 0.2) is 0 Å². The average molecular weight is 287 g/mol. The highest BCUT2D eigenvalue weighted by atomic mass is 79.9. The summed E-state index contributed by atoms with van der Waals surface area (Å²) in [6.07, 6.45) is 1.62. The summed E-state index contributed by atoms with van der Waals surface area (Å²) >= 11 is 3.42. The van der Waals surface area contributed by atoms with Crippen molar-refractivity contribution in [2.24, 2.45) is 5.92 Å². The standard InChI is InChI=1S/C13H19BrO2/c1-4-5-9(2)13(15)11-8-10(14)6-7-12(11)16-3/h6-9,13,15H,4-5H2,1-3H3. The van der Waals surface area contributed by atoms with Gasteiger partial charge in [-0.2, -0.15) is 0 Å². The summed E-state index contributed by atoms with van der Waals surface area (Å²) < 4.78 is 6.23. The third kappa shape index (κ3) is 3.22. The van der Waals surface area contributed by atoms with Crippen molar-refractivity contribution in [3.05, 3.63) is 28.2 Å². The minimum Gasteiger partial charge on any atom is -0.496 e. The highest BCUT2D eigenvalue weighted by molar-refractivity contribution is 9.10. The van der Waals surface area contributed by atoms with Gasteiger partial charge in [-0.15, -0.1) is 0 Å². The van der Waals surface area contributed by atoms with Crippen molar-refractivity contribution in [1.29, 1.82) is 0 Å². The Morgan fingerprint density at radius 1 is 1.44 bits per heavy atom. The molecule has 1 aromatic carbocycles. The number of hydrogen-bond acceptors (Lipinski definition) is 2. The Hall–Kier alpha value is -0.540. The number of ether oxygens (including phenoxy) is 1. The Labute approximate surface area is 106 Å². The van der Waals surface area contributed by atoms with Gasteiger partial charge in [0.05, 0.1) is 13.2 Å². The molecule has 1 N–H and O–H groups in total. The number of benzene rings is 1. The molecule has 1 aromatic rings. The molecule has 90 valence electrons. The molecule has 0 aliphatic heterocycles. The fraction of sp³-hybridized carbons (Fsp3) is 0.538. The minimum absolute atomic E-state index is 0.244. The van der Waals surface area contributed by atoms with E-state index in [1.807, 2.05) is 18.2 Å². The van der Waals surface area contributed by atoms with Crippen LogP contribution in [0, 0.1) is 5.92 Å². The van der Waals surface area contributed by atoms with Gasteiger partial charge in [0.1, 0.15) is 5.75 Å². The predicted octanol–water partition coefficient (Wildman–Crippen LogP) is 3.93. The summed E-state index contributed by atoms with van der Waals surface area (Å²) in [7, 11) is 1.63. The predicted molar refractivity (Wildman–Crippen MR) is 69.7 cm³/mol. The first kappa shape index (κ1) is 13.5. The van der Waals surface area contributed by atoms with Crippen LogP contribution in [0.1, 0.15) is 38.4 Å². The van der Waals surface area contributed by atoms with E-state index in [9.17, 15) is 5.11 Å². The highest BCUT2D eigenvalue weighted by Crippen LogP contribution is 2.33. The molecule has 3 heteroatoms. The van der Waals surface area contributed by atoms with Gasteiger partial charge < -0.3 is 9.84 Å². The minimum atomic E-state index is -0.465. The molecule has 2 unspecified atom stereocenters. The molecule has 0 spiro atoms. The Kier molecular flexibility index (Phi) is 5.29.